The summed E-state index contributed by atoms with van der Waals surface area (Å²) in [6, 6.07) is 0.858. The molecular weight excluding hydrogens is 848 g/mol. The SMILES string of the molecule is CC(C)(C)OC(=O)NC/C(=C\F)CBr.CC(C)(C)OC(=O)NC/C(=C\F)Cn1cc2c(c1Cl)CCN(C1CC1)C2=O.O=C1c2c[nH]c(Cl)c2CCN1C1CC1.[H-].[Na+]. The van der Waals surface area contributed by atoms with Gasteiger partial charge in [-0.15, -0.1) is 0 Å². The zero-order valence-corrected chi connectivity index (χ0v) is 38.2. The van der Waals surface area contributed by atoms with E-state index in [4.69, 9.17) is 32.7 Å². The number of ether oxygens (including phenoxy) is 2. The number of nitrogens with zero attached hydrogens (tertiary/aromatic N) is 3. The van der Waals surface area contributed by atoms with E-state index < -0.39 is 23.4 Å². The zero-order valence-electron chi connectivity index (χ0n) is 34.1. The summed E-state index contributed by atoms with van der Waals surface area (Å²) in [6.45, 7) is 12.4. The number of hydrogen-bond acceptors (Lipinski definition) is 6. The van der Waals surface area contributed by atoms with Crippen LogP contribution in [0.25, 0.3) is 0 Å². The zero-order chi connectivity index (χ0) is 40.7. The fraction of sp³-hybridized carbons (Fsp3) is 0.579. The molecule has 2 saturated carbocycles. The molecule has 3 N–H and O–H groups in total. The van der Waals surface area contributed by atoms with Crippen LogP contribution in [-0.2, 0) is 28.9 Å². The Hall–Kier alpha value is -2.56. The van der Waals surface area contributed by atoms with Crippen molar-refractivity contribution in [3.8, 4) is 0 Å². The molecule has 2 fully saturated rings. The van der Waals surface area contributed by atoms with Crippen LogP contribution in [0.3, 0.4) is 0 Å². The minimum Gasteiger partial charge on any atom is -1.00 e. The predicted molar refractivity (Wildman–Crippen MR) is 213 cm³/mol. The number of aromatic nitrogens is 2. The van der Waals surface area contributed by atoms with Crippen molar-refractivity contribution in [3.05, 3.63) is 68.8 Å². The Labute approximate surface area is 369 Å². The third-order valence-electron chi connectivity index (χ3n) is 8.78. The maximum absolute atomic E-state index is 13.3. The first-order chi connectivity index (χ1) is 25.8. The molecule has 2 aliphatic carbocycles. The first-order valence-corrected chi connectivity index (χ1v) is 20.1. The standard InChI is InChI=1S/C19H25ClFN3O3.C10H11ClN2O.C9H15BrFNO2.Na.H/c1-19(2,3)27-18(26)22-9-12(8-21)10-23-11-15-14(16(23)20)6-7-24(17(15)25)13-4-5-13;11-9-7-3-4-13(6-1-2-6)10(14)8(7)5-12-9;1-9(2,3)14-8(13)12-6-7(4-10)5-11;;/h8,11,13H,4-7,9-10H2,1-3H3,(H,22,26);5-6,12H,1-4H2;5H,4,6H2,1-3H3,(H,12,13);;/q;;;+1;-1/b12-8+;;7-5-;;. The molecule has 0 spiro atoms. The monoisotopic (exact) mass is 898 g/mol. The number of carbonyl (C=O) groups is 4. The third kappa shape index (κ3) is 14.1. The predicted octanol–water partition coefficient (Wildman–Crippen LogP) is 5.39. The van der Waals surface area contributed by atoms with Gasteiger partial charge in [-0.2, -0.15) is 0 Å². The molecule has 56 heavy (non-hydrogen) atoms. The van der Waals surface area contributed by atoms with Gasteiger partial charge in [0.1, 0.15) is 21.5 Å². The number of fused-ring (bicyclic) bond motifs is 2. The van der Waals surface area contributed by atoms with Crippen LogP contribution in [0.4, 0.5) is 18.4 Å². The number of carbonyl (C=O) groups excluding carboxylic acids is 4. The van der Waals surface area contributed by atoms with E-state index in [0.29, 0.717) is 70.1 Å². The summed E-state index contributed by atoms with van der Waals surface area (Å²) in [7, 11) is 0. The van der Waals surface area contributed by atoms with Crippen molar-refractivity contribution in [3.63, 3.8) is 0 Å². The Morgan fingerprint density at radius 3 is 1.77 bits per heavy atom. The van der Waals surface area contributed by atoms with Crippen LogP contribution in [0.15, 0.2) is 36.2 Å². The Bertz CT molecular complexity index is 1790. The molecule has 0 saturated heterocycles. The van der Waals surface area contributed by atoms with Gasteiger partial charge in [0, 0.05) is 73.7 Å². The van der Waals surface area contributed by atoms with E-state index in [2.05, 4.69) is 31.5 Å². The number of alkyl carbamates (subject to hydrolysis) is 2. The van der Waals surface area contributed by atoms with E-state index in [-0.39, 0.29) is 62.4 Å². The van der Waals surface area contributed by atoms with Crippen molar-refractivity contribution in [1.29, 1.82) is 0 Å². The van der Waals surface area contributed by atoms with Crippen LogP contribution in [-0.4, -0.2) is 98.1 Å². The Kier molecular flexibility index (Phi) is 17.9. The largest absolute Gasteiger partial charge is 1.00 e. The van der Waals surface area contributed by atoms with Crippen molar-refractivity contribution in [2.24, 2.45) is 0 Å². The topological polar surface area (TPSA) is 138 Å². The molecule has 12 nitrogen and oxygen atoms in total. The molecule has 6 rings (SSSR count). The summed E-state index contributed by atoms with van der Waals surface area (Å²) in [4.78, 5) is 54.2. The number of amides is 4. The first kappa shape index (κ1) is 47.8. The molecular formula is C38H52BrCl2F2N6NaO6. The van der Waals surface area contributed by atoms with Crippen molar-refractivity contribution in [2.75, 3.05) is 31.5 Å². The quantitative estimate of drug-likeness (QED) is 0.228. The molecule has 0 bridgehead atoms. The Morgan fingerprint density at radius 2 is 1.32 bits per heavy atom. The molecule has 2 aromatic rings. The van der Waals surface area contributed by atoms with Crippen molar-refractivity contribution in [1.82, 2.24) is 30.0 Å². The summed E-state index contributed by atoms with van der Waals surface area (Å²) in [6.07, 6.45) is 9.21. The normalized spacial score (nSPS) is 17.0. The smallest absolute Gasteiger partial charge is 1.00 e. The maximum atomic E-state index is 13.3. The van der Waals surface area contributed by atoms with Crippen molar-refractivity contribution in [2.45, 2.75) is 110 Å². The van der Waals surface area contributed by atoms with E-state index in [9.17, 15) is 28.0 Å². The molecule has 0 aromatic carbocycles. The van der Waals surface area contributed by atoms with E-state index >= 15 is 0 Å². The average Bonchev–Trinajstić information content (AvgIpc) is 4.05. The molecule has 0 radical (unpaired) electrons. The van der Waals surface area contributed by atoms with Crippen LogP contribution < -0.4 is 40.2 Å². The molecule has 18 heteroatoms. The number of halogens is 5. The van der Waals surface area contributed by atoms with E-state index in [1.165, 1.54) is 12.8 Å². The maximum Gasteiger partial charge on any atom is 1.00 e. The van der Waals surface area contributed by atoms with Gasteiger partial charge in [0.25, 0.3) is 11.8 Å². The second-order valence-electron chi connectivity index (χ2n) is 15.8. The summed E-state index contributed by atoms with van der Waals surface area (Å²) < 4.78 is 37.1. The van der Waals surface area contributed by atoms with Crippen LogP contribution in [0.1, 0.15) is 100 Å². The van der Waals surface area contributed by atoms with Crippen LogP contribution in [0.2, 0.25) is 10.3 Å². The van der Waals surface area contributed by atoms with Gasteiger partial charge in [-0.05, 0) is 91.2 Å². The number of nitrogens with one attached hydrogen (secondary N) is 3. The van der Waals surface area contributed by atoms with Crippen molar-refractivity contribution < 1.29 is 68.4 Å². The molecule has 4 aliphatic rings. The summed E-state index contributed by atoms with van der Waals surface area (Å²) in [5, 5.41) is 6.44. The molecule has 306 valence electrons. The van der Waals surface area contributed by atoms with Gasteiger partial charge in [-0.1, -0.05) is 39.1 Å². The summed E-state index contributed by atoms with van der Waals surface area (Å²) in [5.74, 6) is 0.147. The Morgan fingerprint density at radius 1 is 0.857 bits per heavy atom. The van der Waals surface area contributed by atoms with Gasteiger partial charge in [0.2, 0.25) is 0 Å². The first-order valence-electron chi connectivity index (χ1n) is 18.3. The van der Waals surface area contributed by atoms with Crippen molar-refractivity contribution >= 4 is 63.1 Å². The number of alkyl halides is 1. The number of hydrogen-bond donors (Lipinski definition) is 3. The molecule has 2 aromatic heterocycles. The van der Waals surface area contributed by atoms with E-state index in [0.717, 1.165) is 42.5 Å². The minimum absolute atomic E-state index is 0. The summed E-state index contributed by atoms with van der Waals surface area (Å²) >= 11 is 15.5. The van der Waals surface area contributed by atoms with Crippen LogP contribution >= 0.6 is 39.1 Å². The second-order valence-corrected chi connectivity index (χ2v) is 17.1. The molecule has 0 unspecified atom stereocenters. The molecule has 4 amide bonds. The van der Waals surface area contributed by atoms with Gasteiger partial charge < -0.3 is 40.9 Å². The molecule has 0 atom stereocenters. The molecule has 2 aliphatic heterocycles. The molecule has 4 heterocycles. The second kappa shape index (κ2) is 20.9. The minimum atomic E-state index is -0.625. The number of rotatable bonds is 9. The number of H-pyrrole nitrogens is 1. The fourth-order valence-corrected chi connectivity index (χ4v) is 6.76. The van der Waals surface area contributed by atoms with Crippen LogP contribution in [0.5, 0.6) is 0 Å². The van der Waals surface area contributed by atoms with Gasteiger partial charge in [0.15, 0.2) is 0 Å². The average molecular weight is 901 g/mol. The number of aromatic amines is 1. The van der Waals surface area contributed by atoms with Gasteiger partial charge in [-0.25, -0.2) is 18.4 Å². The third-order valence-corrected chi connectivity index (χ3v) is 10.3. The van der Waals surface area contributed by atoms with E-state index in [1.54, 1.807) is 58.5 Å². The Balaban J connectivity index is 0.000000317. The summed E-state index contributed by atoms with van der Waals surface area (Å²) in [5.41, 5.74) is 2.80. The van der Waals surface area contributed by atoms with Gasteiger partial charge in [0.05, 0.1) is 23.8 Å². The van der Waals surface area contributed by atoms with E-state index in [1.807, 2.05) is 9.80 Å². The fourth-order valence-electron chi connectivity index (χ4n) is 5.88. The van der Waals surface area contributed by atoms with Gasteiger partial charge >= 0.3 is 41.7 Å². The van der Waals surface area contributed by atoms with Gasteiger partial charge in [-0.3, -0.25) is 9.59 Å². The van der Waals surface area contributed by atoms with Crippen LogP contribution in [0, 0.1) is 0 Å².